The van der Waals surface area contributed by atoms with Gasteiger partial charge in [-0.2, -0.15) is 8.78 Å². The normalized spacial score (nSPS) is 10.6. The van der Waals surface area contributed by atoms with Crippen molar-refractivity contribution in [3.8, 4) is 11.5 Å². The summed E-state index contributed by atoms with van der Waals surface area (Å²) in [7, 11) is 1.40. The van der Waals surface area contributed by atoms with Gasteiger partial charge < -0.3 is 14.8 Å². The molecule has 1 N–H and O–H groups in total. The number of anilines is 1. The topological polar surface area (TPSA) is 47.6 Å². The lowest BCUT2D eigenvalue weighted by Gasteiger charge is -2.11. The number of nitrogens with one attached hydrogen (secondary N) is 1. The summed E-state index contributed by atoms with van der Waals surface area (Å²) < 4.78 is 33.6. The summed E-state index contributed by atoms with van der Waals surface area (Å²) in [5.41, 5.74) is 0.476. The minimum atomic E-state index is -2.99. The molecule has 1 amide bonds. The van der Waals surface area contributed by atoms with E-state index in [2.05, 4.69) is 10.1 Å². The Labute approximate surface area is 151 Å². The highest BCUT2D eigenvalue weighted by Crippen LogP contribution is 2.34. The van der Waals surface area contributed by atoms with Crippen LogP contribution in [0, 0.1) is 0 Å². The Morgan fingerprint density at radius 2 is 1.71 bits per heavy atom. The first kappa shape index (κ1) is 18.6. The molecule has 0 unspecified atom stereocenters. The van der Waals surface area contributed by atoms with Gasteiger partial charge in [0.1, 0.15) is 5.75 Å². The minimum absolute atomic E-state index is 0.0705. The van der Waals surface area contributed by atoms with Gasteiger partial charge >= 0.3 is 6.61 Å². The highest BCUT2D eigenvalue weighted by atomic mass is 35.5. The molecular weight excluding hydrogens is 387 g/mol. The van der Waals surface area contributed by atoms with E-state index < -0.39 is 12.5 Å². The van der Waals surface area contributed by atoms with Crippen LogP contribution in [0.2, 0.25) is 15.1 Å². The first-order chi connectivity index (χ1) is 11.3. The highest BCUT2D eigenvalue weighted by molar-refractivity contribution is 6.38. The van der Waals surface area contributed by atoms with Crippen molar-refractivity contribution in [2.24, 2.45) is 0 Å². The van der Waals surface area contributed by atoms with Crippen LogP contribution in [0.15, 0.2) is 30.3 Å². The predicted molar refractivity (Wildman–Crippen MR) is 89.1 cm³/mol. The maximum Gasteiger partial charge on any atom is 0.387 e. The monoisotopic (exact) mass is 395 g/mol. The van der Waals surface area contributed by atoms with Gasteiger partial charge in [0, 0.05) is 11.3 Å². The molecule has 2 aromatic carbocycles. The molecule has 0 aliphatic rings. The molecule has 0 aliphatic carbocycles. The number of halogens is 5. The van der Waals surface area contributed by atoms with Crippen LogP contribution in [-0.2, 0) is 0 Å². The molecule has 2 rings (SSSR count). The van der Waals surface area contributed by atoms with Gasteiger partial charge in [-0.25, -0.2) is 0 Å². The number of hydrogen-bond donors (Lipinski definition) is 1. The number of alkyl halides is 2. The third kappa shape index (κ3) is 4.41. The molecule has 0 saturated heterocycles. The second-order valence-electron chi connectivity index (χ2n) is 4.45. The van der Waals surface area contributed by atoms with E-state index in [0.29, 0.717) is 0 Å². The maximum atomic E-state index is 12.2. The SMILES string of the molecule is COc1c(Cl)cc(C(=O)Nc2ccc(OC(F)F)c(Cl)c2)cc1Cl. The first-order valence-corrected chi connectivity index (χ1v) is 7.54. The average molecular weight is 397 g/mol. The Bertz CT molecular complexity index is 749. The fraction of sp³-hybridized carbons (Fsp3) is 0.133. The molecule has 0 spiro atoms. The Morgan fingerprint density at radius 3 is 2.21 bits per heavy atom. The number of rotatable bonds is 5. The van der Waals surface area contributed by atoms with Crippen LogP contribution >= 0.6 is 34.8 Å². The molecule has 2 aromatic rings. The minimum Gasteiger partial charge on any atom is -0.494 e. The zero-order chi connectivity index (χ0) is 17.9. The third-order valence-electron chi connectivity index (χ3n) is 2.87. The summed E-state index contributed by atoms with van der Waals surface area (Å²) in [6.07, 6.45) is 0. The van der Waals surface area contributed by atoms with E-state index in [0.717, 1.165) is 0 Å². The van der Waals surface area contributed by atoms with Crippen LogP contribution in [0.25, 0.3) is 0 Å². The summed E-state index contributed by atoms with van der Waals surface area (Å²) in [4.78, 5) is 12.2. The van der Waals surface area contributed by atoms with E-state index in [4.69, 9.17) is 39.5 Å². The molecule has 0 aliphatic heterocycles. The summed E-state index contributed by atoms with van der Waals surface area (Å²) >= 11 is 17.8. The van der Waals surface area contributed by atoms with E-state index in [9.17, 15) is 13.6 Å². The summed E-state index contributed by atoms with van der Waals surface area (Å²) in [5.74, 6) is -0.452. The second-order valence-corrected chi connectivity index (χ2v) is 5.67. The number of carbonyl (C=O) groups excluding carboxylic acids is 1. The number of ether oxygens (including phenoxy) is 2. The molecule has 128 valence electrons. The Balaban J connectivity index is 2.19. The van der Waals surface area contributed by atoms with E-state index >= 15 is 0 Å². The van der Waals surface area contributed by atoms with Gasteiger partial charge in [-0.3, -0.25) is 4.79 Å². The standard InChI is InChI=1S/C15H10Cl3F2NO3/c1-23-13-10(17)4-7(5-11(13)18)14(22)21-8-2-3-12(9(16)6-8)24-15(19)20/h2-6,15H,1H3,(H,21,22). The van der Waals surface area contributed by atoms with Crippen molar-refractivity contribution in [1.29, 1.82) is 0 Å². The lowest BCUT2D eigenvalue weighted by molar-refractivity contribution is -0.0497. The zero-order valence-corrected chi connectivity index (χ0v) is 14.3. The van der Waals surface area contributed by atoms with Gasteiger partial charge in [0.25, 0.3) is 5.91 Å². The molecule has 0 heterocycles. The van der Waals surface area contributed by atoms with Crippen LogP contribution < -0.4 is 14.8 Å². The molecular formula is C15H10Cl3F2NO3. The lowest BCUT2D eigenvalue weighted by Crippen LogP contribution is -2.12. The summed E-state index contributed by atoms with van der Waals surface area (Å²) in [6.45, 7) is -2.99. The predicted octanol–water partition coefficient (Wildman–Crippen LogP) is 5.51. The Morgan fingerprint density at radius 1 is 1.08 bits per heavy atom. The van der Waals surface area contributed by atoms with E-state index in [-0.39, 0.29) is 37.8 Å². The van der Waals surface area contributed by atoms with Gasteiger partial charge in [0.15, 0.2) is 5.75 Å². The molecule has 0 radical (unpaired) electrons. The molecule has 0 aromatic heterocycles. The van der Waals surface area contributed by atoms with Crippen LogP contribution in [-0.4, -0.2) is 19.6 Å². The van der Waals surface area contributed by atoms with Gasteiger partial charge in [0.05, 0.1) is 22.2 Å². The molecule has 24 heavy (non-hydrogen) atoms. The summed E-state index contributed by atoms with van der Waals surface area (Å²) in [5, 5.41) is 2.83. The van der Waals surface area contributed by atoms with E-state index in [1.807, 2.05) is 0 Å². The third-order valence-corrected chi connectivity index (χ3v) is 3.73. The van der Waals surface area contributed by atoms with Crippen molar-refractivity contribution in [1.82, 2.24) is 0 Å². The smallest absolute Gasteiger partial charge is 0.387 e. The average Bonchev–Trinajstić information content (AvgIpc) is 2.49. The number of hydrogen-bond acceptors (Lipinski definition) is 3. The molecule has 0 fully saturated rings. The number of methoxy groups -OCH3 is 1. The number of benzene rings is 2. The van der Waals surface area contributed by atoms with Crippen molar-refractivity contribution >= 4 is 46.4 Å². The fourth-order valence-electron chi connectivity index (χ4n) is 1.86. The molecule has 0 saturated carbocycles. The Kier molecular flexibility index (Phi) is 6.10. The lowest BCUT2D eigenvalue weighted by atomic mass is 10.2. The van der Waals surface area contributed by atoms with Gasteiger partial charge in [-0.05, 0) is 30.3 Å². The quantitative estimate of drug-likeness (QED) is 0.725. The van der Waals surface area contributed by atoms with Crippen molar-refractivity contribution in [3.05, 3.63) is 51.0 Å². The van der Waals surface area contributed by atoms with Crippen molar-refractivity contribution in [3.63, 3.8) is 0 Å². The molecule has 4 nitrogen and oxygen atoms in total. The highest BCUT2D eigenvalue weighted by Gasteiger charge is 2.15. The van der Waals surface area contributed by atoms with Crippen LogP contribution in [0.3, 0.4) is 0 Å². The number of amides is 1. The van der Waals surface area contributed by atoms with Crippen LogP contribution in [0.1, 0.15) is 10.4 Å². The zero-order valence-electron chi connectivity index (χ0n) is 12.1. The van der Waals surface area contributed by atoms with Gasteiger partial charge in [-0.15, -0.1) is 0 Å². The Hall–Kier alpha value is -1.76. The largest absolute Gasteiger partial charge is 0.494 e. The van der Waals surface area contributed by atoms with Crippen molar-refractivity contribution in [2.45, 2.75) is 6.61 Å². The molecule has 0 bridgehead atoms. The maximum absolute atomic E-state index is 12.2. The second kappa shape index (κ2) is 7.88. The van der Waals surface area contributed by atoms with Crippen molar-refractivity contribution < 1.29 is 23.0 Å². The fourth-order valence-corrected chi connectivity index (χ4v) is 2.73. The number of carbonyl (C=O) groups is 1. The first-order valence-electron chi connectivity index (χ1n) is 6.40. The van der Waals surface area contributed by atoms with Gasteiger partial charge in [-0.1, -0.05) is 34.8 Å². The summed E-state index contributed by atoms with van der Waals surface area (Å²) in [6, 6.07) is 6.64. The molecule has 9 heteroatoms. The van der Waals surface area contributed by atoms with Crippen LogP contribution in [0.5, 0.6) is 11.5 Å². The van der Waals surface area contributed by atoms with Crippen LogP contribution in [0.4, 0.5) is 14.5 Å². The molecule has 0 atom stereocenters. The van der Waals surface area contributed by atoms with Gasteiger partial charge in [0.2, 0.25) is 0 Å². The van der Waals surface area contributed by atoms with Crippen molar-refractivity contribution in [2.75, 3.05) is 12.4 Å². The van der Waals surface area contributed by atoms with E-state index in [1.165, 1.54) is 37.4 Å². The van der Waals surface area contributed by atoms with E-state index in [1.54, 1.807) is 0 Å².